The normalized spacial score (nSPS) is 9.85. The van der Waals surface area contributed by atoms with Crippen molar-refractivity contribution in [2.45, 2.75) is 0 Å². The number of carbonyl (C=O) groups excluding carboxylic acids is 1. The summed E-state index contributed by atoms with van der Waals surface area (Å²) in [5.74, 6) is -0.592. The second kappa shape index (κ2) is 5.79. The Morgan fingerprint density at radius 2 is 1.55 bits per heavy atom. The number of amides is 2. The van der Waals surface area contributed by atoms with Crippen molar-refractivity contribution >= 4 is 23.1 Å². The van der Waals surface area contributed by atoms with E-state index in [9.17, 15) is 19.3 Å². The van der Waals surface area contributed by atoms with Crippen LogP contribution in [-0.4, -0.2) is 11.0 Å². The molecule has 0 saturated heterocycles. The zero-order valence-corrected chi connectivity index (χ0v) is 10.2. The predicted molar refractivity (Wildman–Crippen MR) is 72.1 cm³/mol. The molecule has 0 aliphatic carbocycles. The number of benzene rings is 2. The number of anilines is 2. The van der Waals surface area contributed by atoms with Gasteiger partial charge in [-0.2, -0.15) is 0 Å². The zero-order valence-electron chi connectivity index (χ0n) is 10.2. The van der Waals surface area contributed by atoms with Crippen molar-refractivity contribution < 1.29 is 14.1 Å². The average Bonchev–Trinajstić information content (AvgIpc) is 2.41. The third-order valence-electron chi connectivity index (χ3n) is 2.47. The summed E-state index contributed by atoms with van der Waals surface area (Å²) in [6, 6.07) is 10.5. The molecule has 20 heavy (non-hydrogen) atoms. The highest BCUT2D eigenvalue weighted by Gasteiger charge is 2.15. The van der Waals surface area contributed by atoms with E-state index in [1.807, 2.05) is 0 Å². The number of nitro groups is 1. The summed E-state index contributed by atoms with van der Waals surface area (Å²) >= 11 is 0. The number of carbonyl (C=O) groups is 1. The number of hydrogen-bond donors (Lipinski definition) is 2. The summed E-state index contributed by atoms with van der Waals surface area (Å²) in [5.41, 5.74) is -0.217. The van der Waals surface area contributed by atoms with E-state index in [1.165, 1.54) is 36.4 Å². The Morgan fingerprint density at radius 3 is 2.20 bits per heavy atom. The number of nitrogens with zero attached hydrogens (tertiary/aromatic N) is 1. The van der Waals surface area contributed by atoms with Gasteiger partial charge in [0.25, 0.3) is 5.69 Å². The molecule has 2 aromatic carbocycles. The average molecular weight is 275 g/mol. The molecule has 0 aliphatic heterocycles. The van der Waals surface area contributed by atoms with Crippen LogP contribution < -0.4 is 10.6 Å². The van der Waals surface area contributed by atoms with Crippen molar-refractivity contribution in [2.75, 3.05) is 10.6 Å². The topological polar surface area (TPSA) is 84.3 Å². The summed E-state index contributed by atoms with van der Waals surface area (Å²) < 4.78 is 13.3. The molecule has 0 fully saturated rings. The zero-order chi connectivity index (χ0) is 14.5. The highest BCUT2D eigenvalue weighted by Crippen LogP contribution is 2.23. The van der Waals surface area contributed by atoms with Gasteiger partial charge in [-0.15, -0.1) is 0 Å². The second-order valence-electron chi connectivity index (χ2n) is 3.83. The lowest BCUT2D eigenvalue weighted by Gasteiger charge is -2.08. The SMILES string of the molecule is O=C(Nc1ccccc1F)Nc1ccccc1[N+](=O)[O-]. The number of nitrogens with one attached hydrogen (secondary N) is 2. The number of rotatable bonds is 3. The third-order valence-corrected chi connectivity index (χ3v) is 2.47. The molecular weight excluding hydrogens is 265 g/mol. The molecule has 0 unspecified atom stereocenters. The number of hydrogen-bond acceptors (Lipinski definition) is 3. The van der Waals surface area contributed by atoms with Crippen LogP contribution in [0.5, 0.6) is 0 Å². The standard InChI is InChI=1S/C13H10FN3O3/c14-9-5-1-2-6-10(9)15-13(18)16-11-7-3-4-8-12(11)17(19)20/h1-8H,(H2,15,16,18). The van der Waals surface area contributed by atoms with Gasteiger partial charge in [0.2, 0.25) is 0 Å². The highest BCUT2D eigenvalue weighted by molar-refractivity contribution is 6.01. The Kier molecular flexibility index (Phi) is 3.90. The van der Waals surface area contributed by atoms with Gasteiger partial charge in [-0.3, -0.25) is 10.1 Å². The van der Waals surface area contributed by atoms with E-state index in [4.69, 9.17) is 0 Å². The third kappa shape index (κ3) is 3.08. The Hall–Kier alpha value is -2.96. The van der Waals surface area contributed by atoms with Crippen LogP contribution in [0.15, 0.2) is 48.5 Å². The first-order valence-corrected chi connectivity index (χ1v) is 5.64. The highest BCUT2D eigenvalue weighted by atomic mass is 19.1. The Balaban J connectivity index is 2.13. The van der Waals surface area contributed by atoms with Crippen LogP contribution in [0, 0.1) is 15.9 Å². The summed E-state index contributed by atoms with van der Waals surface area (Å²) in [4.78, 5) is 21.9. The van der Waals surface area contributed by atoms with Crippen molar-refractivity contribution in [3.63, 3.8) is 0 Å². The van der Waals surface area contributed by atoms with E-state index in [-0.39, 0.29) is 17.1 Å². The van der Waals surface area contributed by atoms with Gasteiger partial charge in [-0.25, -0.2) is 9.18 Å². The molecule has 2 amide bonds. The lowest BCUT2D eigenvalue weighted by molar-refractivity contribution is -0.383. The maximum atomic E-state index is 13.3. The van der Waals surface area contributed by atoms with E-state index in [1.54, 1.807) is 12.1 Å². The Morgan fingerprint density at radius 1 is 1.00 bits per heavy atom. The minimum absolute atomic E-state index is 0.0106. The molecule has 0 saturated carbocycles. The Bertz CT molecular complexity index is 661. The second-order valence-corrected chi connectivity index (χ2v) is 3.83. The van der Waals surface area contributed by atoms with E-state index in [2.05, 4.69) is 10.6 Å². The predicted octanol–water partition coefficient (Wildman–Crippen LogP) is 3.38. The van der Waals surface area contributed by atoms with E-state index >= 15 is 0 Å². The minimum atomic E-state index is -0.760. The van der Waals surface area contributed by atoms with Crippen molar-refractivity contribution in [1.29, 1.82) is 0 Å². The van der Waals surface area contributed by atoms with Crippen LogP contribution in [0.1, 0.15) is 0 Å². The van der Waals surface area contributed by atoms with Gasteiger partial charge >= 0.3 is 6.03 Å². The van der Waals surface area contributed by atoms with Crippen LogP contribution >= 0.6 is 0 Å². The molecule has 6 nitrogen and oxygen atoms in total. The van der Waals surface area contributed by atoms with E-state index in [0.29, 0.717) is 0 Å². The van der Waals surface area contributed by atoms with Gasteiger partial charge in [0.15, 0.2) is 0 Å². The fraction of sp³-hybridized carbons (Fsp3) is 0. The first-order chi connectivity index (χ1) is 9.58. The molecule has 0 spiro atoms. The molecule has 0 atom stereocenters. The van der Waals surface area contributed by atoms with E-state index < -0.39 is 16.8 Å². The molecule has 2 N–H and O–H groups in total. The molecule has 7 heteroatoms. The molecular formula is C13H10FN3O3. The van der Waals surface area contributed by atoms with Gasteiger partial charge in [0.1, 0.15) is 11.5 Å². The largest absolute Gasteiger partial charge is 0.323 e. The fourth-order valence-corrected chi connectivity index (χ4v) is 1.58. The molecule has 0 heterocycles. The first kappa shape index (κ1) is 13.5. The van der Waals surface area contributed by atoms with Crippen LogP contribution in [-0.2, 0) is 0 Å². The van der Waals surface area contributed by atoms with E-state index in [0.717, 1.165) is 0 Å². The van der Waals surface area contributed by atoms with Crippen molar-refractivity contribution in [1.82, 2.24) is 0 Å². The number of urea groups is 1. The van der Waals surface area contributed by atoms with Crippen LogP contribution in [0.4, 0.5) is 26.2 Å². The van der Waals surface area contributed by atoms with Crippen molar-refractivity contribution in [2.24, 2.45) is 0 Å². The molecule has 2 rings (SSSR count). The summed E-state index contributed by atoms with van der Waals surface area (Å²) in [6.07, 6.45) is 0. The molecule has 2 aromatic rings. The number of nitro benzene ring substituents is 1. The smallest absolute Gasteiger partial charge is 0.305 e. The van der Waals surface area contributed by atoms with Gasteiger partial charge in [-0.1, -0.05) is 24.3 Å². The number of para-hydroxylation sites is 3. The quantitative estimate of drug-likeness (QED) is 0.665. The monoisotopic (exact) mass is 275 g/mol. The summed E-state index contributed by atoms with van der Waals surface area (Å²) in [7, 11) is 0. The fourth-order valence-electron chi connectivity index (χ4n) is 1.58. The van der Waals surface area contributed by atoms with Crippen LogP contribution in [0.3, 0.4) is 0 Å². The molecule has 102 valence electrons. The summed E-state index contributed by atoms with van der Waals surface area (Å²) in [6.45, 7) is 0. The number of halogens is 1. The minimum Gasteiger partial charge on any atom is -0.305 e. The molecule has 0 bridgehead atoms. The van der Waals surface area contributed by atoms with Gasteiger partial charge in [0, 0.05) is 6.07 Å². The van der Waals surface area contributed by atoms with Gasteiger partial charge < -0.3 is 10.6 Å². The van der Waals surface area contributed by atoms with Gasteiger partial charge in [0.05, 0.1) is 10.6 Å². The lowest BCUT2D eigenvalue weighted by Crippen LogP contribution is -2.20. The van der Waals surface area contributed by atoms with Crippen LogP contribution in [0.2, 0.25) is 0 Å². The maximum absolute atomic E-state index is 13.3. The molecule has 0 radical (unpaired) electrons. The van der Waals surface area contributed by atoms with Crippen molar-refractivity contribution in [3.8, 4) is 0 Å². The molecule has 0 aliphatic rings. The molecule has 0 aromatic heterocycles. The first-order valence-electron chi connectivity index (χ1n) is 5.64. The van der Waals surface area contributed by atoms with Crippen molar-refractivity contribution in [3.05, 3.63) is 64.5 Å². The van der Waals surface area contributed by atoms with Gasteiger partial charge in [-0.05, 0) is 18.2 Å². The summed E-state index contributed by atoms with van der Waals surface area (Å²) in [5, 5.41) is 15.4. The van der Waals surface area contributed by atoms with Crippen LogP contribution in [0.25, 0.3) is 0 Å². The Labute approximate surface area is 113 Å². The maximum Gasteiger partial charge on any atom is 0.323 e. The lowest BCUT2D eigenvalue weighted by atomic mass is 10.2.